The van der Waals surface area contributed by atoms with Gasteiger partial charge in [0, 0.05) is 12.7 Å². The maximum atomic E-state index is 10.8. The van der Waals surface area contributed by atoms with Crippen LogP contribution in [-0.4, -0.2) is 33.9 Å². The maximum absolute atomic E-state index is 10.8. The summed E-state index contributed by atoms with van der Waals surface area (Å²) in [6.45, 7) is 5.33. The molecule has 6 nitrogen and oxygen atoms in total. The van der Waals surface area contributed by atoms with Crippen molar-refractivity contribution < 1.29 is 5.11 Å². The topological polar surface area (TPSA) is 74.5 Å². The fourth-order valence-corrected chi connectivity index (χ4v) is 2.83. The van der Waals surface area contributed by atoms with Gasteiger partial charge in [0.05, 0.1) is 24.5 Å². The molecule has 0 bridgehead atoms. The van der Waals surface area contributed by atoms with E-state index in [1.54, 1.807) is 6.92 Å². The van der Waals surface area contributed by atoms with E-state index in [0.29, 0.717) is 19.0 Å². The number of guanidine groups is 1. The van der Waals surface area contributed by atoms with E-state index in [4.69, 9.17) is 0 Å². The van der Waals surface area contributed by atoms with Crippen LogP contribution in [0.2, 0.25) is 0 Å². The van der Waals surface area contributed by atoms with E-state index in [9.17, 15) is 5.11 Å². The first-order valence-corrected chi connectivity index (χ1v) is 9.48. The zero-order valence-electron chi connectivity index (χ0n) is 16.7. The Balaban J connectivity index is 0.00000300. The smallest absolute Gasteiger partial charge is 0.191 e. The summed E-state index contributed by atoms with van der Waals surface area (Å²) in [5, 5.41) is 21.8. The molecule has 29 heavy (non-hydrogen) atoms. The zero-order valence-corrected chi connectivity index (χ0v) is 19.1. The predicted octanol–water partition coefficient (Wildman–Crippen LogP) is 3.45. The standard InChI is InChI=1S/C22H27N5O.HI/c1-3-23-21(25-17-22(2,28)18-10-6-4-7-11-18)24-16-19-14-15-27(26-19)20-12-8-5-9-13-20;/h4-15,28H,3,16-17H2,1-2H3,(H2,23,24,25);1H. The lowest BCUT2D eigenvalue weighted by Gasteiger charge is -2.25. The molecule has 1 heterocycles. The van der Waals surface area contributed by atoms with Gasteiger partial charge >= 0.3 is 0 Å². The maximum Gasteiger partial charge on any atom is 0.191 e. The molecule has 0 fully saturated rings. The quantitative estimate of drug-likeness (QED) is 0.261. The highest BCUT2D eigenvalue weighted by atomic mass is 127. The monoisotopic (exact) mass is 505 g/mol. The van der Waals surface area contributed by atoms with Crippen molar-refractivity contribution in [2.45, 2.75) is 26.0 Å². The van der Waals surface area contributed by atoms with Gasteiger partial charge in [-0.2, -0.15) is 5.10 Å². The van der Waals surface area contributed by atoms with Gasteiger partial charge < -0.3 is 15.7 Å². The van der Waals surface area contributed by atoms with Gasteiger partial charge in [-0.1, -0.05) is 48.5 Å². The Morgan fingerprint density at radius 3 is 2.34 bits per heavy atom. The molecule has 3 rings (SSSR count). The summed E-state index contributed by atoms with van der Waals surface area (Å²) >= 11 is 0. The number of nitrogens with zero attached hydrogens (tertiary/aromatic N) is 3. The van der Waals surface area contributed by atoms with Crippen molar-refractivity contribution in [3.63, 3.8) is 0 Å². The van der Waals surface area contributed by atoms with E-state index < -0.39 is 5.60 Å². The van der Waals surface area contributed by atoms with Crippen LogP contribution < -0.4 is 10.6 Å². The molecular formula is C22H28IN5O. The number of aliphatic imine (C=N–C) groups is 1. The molecular weight excluding hydrogens is 477 g/mol. The van der Waals surface area contributed by atoms with Crippen LogP contribution in [0.25, 0.3) is 5.69 Å². The van der Waals surface area contributed by atoms with Crippen LogP contribution in [0, 0.1) is 0 Å². The molecule has 0 saturated carbocycles. The Labute approximate surface area is 189 Å². The van der Waals surface area contributed by atoms with E-state index in [0.717, 1.165) is 23.5 Å². The number of nitrogens with one attached hydrogen (secondary N) is 2. The van der Waals surface area contributed by atoms with Gasteiger partial charge in [-0.15, -0.1) is 24.0 Å². The highest BCUT2D eigenvalue weighted by Crippen LogP contribution is 2.18. The number of rotatable bonds is 7. The van der Waals surface area contributed by atoms with Crippen LogP contribution in [0.4, 0.5) is 0 Å². The van der Waals surface area contributed by atoms with Gasteiger partial charge in [-0.3, -0.25) is 0 Å². The molecule has 0 amide bonds. The molecule has 1 aromatic heterocycles. The third-order valence-electron chi connectivity index (χ3n) is 4.40. The predicted molar refractivity (Wildman–Crippen MR) is 128 cm³/mol. The van der Waals surface area contributed by atoms with E-state index in [1.807, 2.05) is 84.5 Å². The lowest BCUT2D eigenvalue weighted by atomic mass is 9.96. The van der Waals surface area contributed by atoms with Gasteiger partial charge in [0.15, 0.2) is 5.96 Å². The van der Waals surface area contributed by atoms with Crippen LogP contribution in [0.1, 0.15) is 25.1 Å². The Morgan fingerprint density at radius 2 is 1.69 bits per heavy atom. The Kier molecular flexibility index (Phi) is 8.66. The first-order valence-electron chi connectivity index (χ1n) is 9.48. The molecule has 154 valence electrons. The lowest BCUT2D eigenvalue weighted by Crippen LogP contribution is -2.44. The molecule has 0 saturated heterocycles. The molecule has 0 radical (unpaired) electrons. The molecule has 7 heteroatoms. The van der Waals surface area contributed by atoms with Crippen molar-refractivity contribution in [1.82, 2.24) is 20.4 Å². The summed E-state index contributed by atoms with van der Waals surface area (Å²) in [7, 11) is 0. The van der Waals surface area contributed by atoms with Crippen LogP contribution in [0.3, 0.4) is 0 Å². The summed E-state index contributed by atoms with van der Waals surface area (Å²) in [5.41, 5.74) is 1.75. The fourth-order valence-electron chi connectivity index (χ4n) is 2.83. The third kappa shape index (κ3) is 6.57. The molecule has 3 N–H and O–H groups in total. The van der Waals surface area contributed by atoms with Gasteiger partial charge in [-0.05, 0) is 37.6 Å². The van der Waals surface area contributed by atoms with E-state index >= 15 is 0 Å². The van der Waals surface area contributed by atoms with E-state index in [2.05, 4.69) is 20.7 Å². The highest BCUT2D eigenvalue weighted by Gasteiger charge is 2.22. The number of hydrogen-bond donors (Lipinski definition) is 3. The first-order chi connectivity index (χ1) is 13.6. The van der Waals surface area contributed by atoms with Crippen LogP contribution >= 0.6 is 24.0 Å². The summed E-state index contributed by atoms with van der Waals surface area (Å²) in [4.78, 5) is 4.59. The lowest BCUT2D eigenvalue weighted by molar-refractivity contribution is 0.0617. The van der Waals surface area contributed by atoms with Crippen molar-refractivity contribution in [2.75, 3.05) is 13.1 Å². The summed E-state index contributed by atoms with van der Waals surface area (Å²) in [6, 6.07) is 21.6. The van der Waals surface area contributed by atoms with Crippen molar-refractivity contribution in [3.8, 4) is 5.69 Å². The fraction of sp³-hybridized carbons (Fsp3) is 0.273. The minimum Gasteiger partial charge on any atom is -0.384 e. The largest absolute Gasteiger partial charge is 0.384 e. The Morgan fingerprint density at radius 1 is 1.03 bits per heavy atom. The van der Waals surface area contributed by atoms with Crippen molar-refractivity contribution in [3.05, 3.63) is 84.2 Å². The van der Waals surface area contributed by atoms with Gasteiger partial charge in [0.1, 0.15) is 5.60 Å². The molecule has 1 unspecified atom stereocenters. The third-order valence-corrected chi connectivity index (χ3v) is 4.40. The Bertz CT molecular complexity index is 894. The number of benzene rings is 2. The second-order valence-electron chi connectivity index (χ2n) is 6.78. The van der Waals surface area contributed by atoms with E-state index in [-0.39, 0.29) is 24.0 Å². The average Bonchev–Trinajstić information content (AvgIpc) is 3.20. The summed E-state index contributed by atoms with van der Waals surface area (Å²) < 4.78 is 1.84. The highest BCUT2D eigenvalue weighted by molar-refractivity contribution is 14.0. The second kappa shape index (κ2) is 11.0. The summed E-state index contributed by atoms with van der Waals surface area (Å²) in [5.74, 6) is 0.646. The normalized spacial score (nSPS) is 13.3. The van der Waals surface area contributed by atoms with Crippen molar-refractivity contribution in [1.29, 1.82) is 0 Å². The molecule has 0 aliphatic heterocycles. The number of aliphatic hydroxyl groups is 1. The zero-order chi connectivity index (χ0) is 19.8. The van der Waals surface area contributed by atoms with Crippen LogP contribution in [0.15, 0.2) is 77.9 Å². The van der Waals surface area contributed by atoms with Gasteiger partial charge in [-0.25, -0.2) is 9.67 Å². The minimum absolute atomic E-state index is 0. The number of hydrogen-bond acceptors (Lipinski definition) is 3. The molecule has 0 aliphatic carbocycles. The minimum atomic E-state index is -0.994. The Hall–Kier alpha value is -2.39. The number of halogens is 1. The molecule has 2 aromatic carbocycles. The molecule has 0 spiro atoms. The van der Waals surface area contributed by atoms with E-state index in [1.165, 1.54) is 0 Å². The van der Waals surface area contributed by atoms with Crippen LogP contribution in [0.5, 0.6) is 0 Å². The van der Waals surface area contributed by atoms with Crippen molar-refractivity contribution >= 4 is 29.9 Å². The number of para-hydroxylation sites is 1. The molecule has 1 atom stereocenters. The van der Waals surface area contributed by atoms with Gasteiger partial charge in [0.2, 0.25) is 0 Å². The summed E-state index contributed by atoms with van der Waals surface area (Å²) in [6.07, 6.45) is 1.93. The van der Waals surface area contributed by atoms with Crippen molar-refractivity contribution in [2.24, 2.45) is 4.99 Å². The average molecular weight is 505 g/mol. The van der Waals surface area contributed by atoms with Crippen LogP contribution in [-0.2, 0) is 12.1 Å². The SMILES string of the molecule is CCNC(=NCc1ccn(-c2ccccc2)n1)NCC(C)(O)c1ccccc1.I. The second-order valence-corrected chi connectivity index (χ2v) is 6.78. The first kappa shape index (κ1) is 22.9. The molecule has 3 aromatic rings. The number of aromatic nitrogens is 2. The van der Waals surface area contributed by atoms with Gasteiger partial charge in [0.25, 0.3) is 0 Å². The molecule has 0 aliphatic rings.